The predicted molar refractivity (Wildman–Crippen MR) is 119 cm³/mol. The van der Waals surface area contributed by atoms with Crippen LogP contribution in [-0.4, -0.2) is 17.9 Å². The van der Waals surface area contributed by atoms with Crippen molar-refractivity contribution >= 4 is 23.2 Å². The van der Waals surface area contributed by atoms with Gasteiger partial charge in [0.2, 0.25) is 0 Å². The van der Waals surface area contributed by atoms with Crippen molar-refractivity contribution in [1.82, 2.24) is 0 Å². The smallest absolute Gasteiger partial charge is 0.416 e. The Morgan fingerprint density at radius 1 is 0.917 bits per heavy atom. The second kappa shape index (κ2) is 9.21. The predicted octanol–water partition coefficient (Wildman–Crippen LogP) is 6.29. The largest absolute Gasteiger partial charge is 0.479 e. The van der Waals surface area contributed by atoms with Crippen LogP contribution in [0.5, 0.6) is 5.75 Å². The highest BCUT2D eigenvalue weighted by molar-refractivity contribution is 6.05. The summed E-state index contributed by atoms with van der Waals surface area (Å²) in [5.74, 6) is -1.25. The van der Waals surface area contributed by atoms with Crippen molar-refractivity contribution < 1.29 is 40.7 Å². The molecule has 1 aliphatic heterocycles. The van der Waals surface area contributed by atoms with Crippen LogP contribution in [0, 0.1) is 0 Å². The third-order valence-corrected chi connectivity index (χ3v) is 5.46. The molecule has 1 atom stereocenters. The van der Waals surface area contributed by atoms with E-state index in [4.69, 9.17) is 4.74 Å². The van der Waals surface area contributed by atoms with Crippen molar-refractivity contribution in [2.24, 2.45) is 0 Å². The molecular weight excluding hydrogens is 490 g/mol. The van der Waals surface area contributed by atoms with Gasteiger partial charge in [-0.1, -0.05) is 30.3 Å². The second-order valence-electron chi connectivity index (χ2n) is 8.10. The lowest BCUT2D eigenvalue weighted by Crippen LogP contribution is -2.44. The maximum Gasteiger partial charge on any atom is 0.416 e. The summed E-state index contributed by atoms with van der Waals surface area (Å²) in [5.41, 5.74) is -2.69. The van der Waals surface area contributed by atoms with E-state index in [0.717, 1.165) is 5.56 Å². The first kappa shape index (κ1) is 25.1. The van der Waals surface area contributed by atoms with Crippen molar-refractivity contribution in [2.45, 2.75) is 31.9 Å². The summed E-state index contributed by atoms with van der Waals surface area (Å²) >= 11 is 0. The van der Waals surface area contributed by atoms with Crippen molar-refractivity contribution in [3.63, 3.8) is 0 Å². The number of hydrogen-bond donors (Lipinski definition) is 1. The monoisotopic (exact) mass is 508 g/mol. The van der Waals surface area contributed by atoms with Gasteiger partial charge in [0.25, 0.3) is 11.8 Å². The van der Waals surface area contributed by atoms with Gasteiger partial charge in [-0.3, -0.25) is 9.59 Å². The van der Waals surface area contributed by atoms with Crippen LogP contribution in [0.15, 0.2) is 66.7 Å². The number of halogens is 6. The van der Waals surface area contributed by atoms with E-state index in [0.29, 0.717) is 17.8 Å². The van der Waals surface area contributed by atoms with Gasteiger partial charge < -0.3 is 15.0 Å². The average Bonchev–Trinajstić information content (AvgIpc) is 2.81. The molecule has 3 aromatic rings. The van der Waals surface area contributed by atoms with Gasteiger partial charge in [0.1, 0.15) is 5.75 Å². The summed E-state index contributed by atoms with van der Waals surface area (Å²) in [5, 5.41) is 2.30. The first-order chi connectivity index (χ1) is 16.8. The number of fused-ring (bicyclic) bond motifs is 1. The number of rotatable bonds is 4. The number of nitrogens with zero attached hydrogens (tertiary/aromatic N) is 1. The molecule has 1 aliphatic rings. The zero-order chi connectivity index (χ0) is 26.3. The van der Waals surface area contributed by atoms with Crippen molar-refractivity contribution in [1.29, 1.82) is 0 Å². The van der Waals surface area contributed by atoms with Crippen LogP contribution < -0.4 is 15.0 Å². The Labute approximate surface area is 201 Å². The number of carbonyl (C=O) groups is 2. The zero-order valence-corrected chi connectivity index (χ0v) is 18.6. The van der Waals surface area contributed by atoms with Gasteiger partial charge >= 0.3 is 12.4 Å². The lowest BCUT2D eigenvalue weighted by molar-refractivity contribution is -0.143. The molecule has 2 amide bonds. The van der Waals surface area contributed by atoms with Gasteiger partial charge in [-0.15, -0.1) is 0 Å². The number of ether oxygens (including phenoxy) is 1. The van der Waals surface area contributed by atoms with Gasteiger partial charge in [-0.2, -0.15) is 26.3 Å². The average molecular weight is 508 g/mol. The Hall–Kier alpha value is -4.02. The quantitative estimate of drug-likeness (QED) is 0.422. The fourth-order valence-corrected chi connectivity index (χ4v) is 3.71. The molecule has 11 heteroatoms. The van der Waals surface area contributed by atoms with Crippen molar-refractivity contribution in [3.8, 4) is 5.75 Å². The minimum atomic E-state index is -5.08. The first-order valence-electron chi connectivity index (χ1n) is 10.6. The van der Waals surface area contributed by atoms with Crippen LogP contribution >= 0.6 is 0 Å². The Morgan fingerprint density at radius 2 is 1.53 bits per heavy atom. The second-order valence-corrected chi connectivity index (χ2v) is 8.10. The molecule has 1 heterocycles. The van der Waals surface area contributed by atoms with Gasteiger partial charge in [0, 0.05) is 17.3 Å². The number of nitrogens with one attached hydrogen (secondary N) is 1. The number of carbonyl (C=O) groups excluding carboxylic acids is 2. The lowest BCUT2D eigenvalue weighted by Gasteiger charge is -2.33. The summed E-state index contributed by atoms with van der Waals surface area (Å²) in [7, 11) is 0. The summed E-state index contributed by atoms with van der Waals surface area (Å²) in [6.45, 7) is 1.78. The van der Waals surface area contributed by atoms with Gasteiger partial charge in [0.05, 0.1) is 23.4 Å². The minimum Gasteiger partial charge on any atom is -0.479 e. The molecule has 0 fully saturated rings. The topological polar surface area (TPSA) is 58.6 Å². The van der Waals surface area contributed by atoms with E-state index in [-0.39, 0.29) is 30.0 Å². The summed E-state index contributed by atoms with van der Waals surface area (Å²) in [4.78, 5) is 26.8. The molecule has 0 bridgehead atoms. The summed E-state index contributed by atoms with van der Waals surface area (Å²) < 4.78 is 84.4. The molecule has 5 nitrogen and oxygen atoms in total. The van der Waals surface area contributed by atoms with E-state index < -0.39 is 41.1 Å². The molecule has 1 N–H and O–H groups in total. The van der Waals surface area contributed by atoms with Crippen LogP contribution in [0.3, 0.4) is 0 Å². The zero-order valence-electron chi connectivity index (χ0n) is 18.6. The minimum absolute atomic E-state index is 0.0523. The van der Waals surface area contributed by atoms with Gasteiger partial charge in [0.15, 0.2) is 6.10 Å². The van der Waals surface area contributed by atoms with E-state index in [1.807, 2.05) is 30.3 Å². The molecule has 1 unspecified atom stereocenters. The number of alkyl halides is 6. The first-order valence-corrected chi connectivity index (χ1v) is 10.6. The van der Waals surface area contributed by atoms with Gasteiger partial charge in [-0.05, 0) is 42.8 Å². The molecule has 0 aliphatic carbocycles. The van der Waals surface area contributed by atoms with E-state index in [1.165, 1.54) is 30.0 Å². The fraction of sp³-hybridized carbons (Fsp3) is 0.200. The molecule has 0 spiro atoms. The molecule has 0 radical (unpaired) electrons. The Bertz CT molecular complexity index is 1270. The number of anilines is 2. The van der Waals surface area contributed by atoms with Gasteiger partial charge in [-0.25, -0.2) is 0 Å². The number of hydrogen-bond acceptors (Lipinski definition) is 3. The molecule has 0 saturated heterocycles. The molecular formula is C25H18F6N2O3. The highest BCUT2D eigenvalue weighted by Gasteiger charge is 2.38. The van der Waals surface area contributed by atoms with Crippen LogP contribution in [-0.2, 0) is 23.7 Å². The Morgan fingerprint density at radius 3 is 2.11 bits per heavy atom. The van der Waals surface area contributed by atoms with E-state index in [9.17, 15) is 35.9 Å². The van der Waals surface area contributed by atoms with Crippen molar-refractivity contribution in [2.75, 3.05) is 10.2 Å². The number of amides is 2. The Balaban J connectivity index is 1.63. The standard InChI is InChI=1S/C25H18F6N2O3/c1-14-23(35)33(13-15-5-3-2-4-6-15)20-8-7-19(12-21(20)36-14)32-22(34)16-9-17(24(26,27)28)11-18(10-16)25(29,30)31/h2-12,14H,13H2,1H3,(H,32,34). The lowest BCUT2D eigenvalue weighted by atomic mass is 10.0. The third-order valence-electron chi connectivity index (χ3n) is 5.46. The summed E-state index contributed by atoms with van der Waals surface area (Å²) in [6, 6.07) is 14.0. The van der Waals surface area contributed by atoms with Crippen molar-refractivity contribution in [3.05, 3.63) is 89.0 Å². The van der Waals surface area contributed by atoms with Crippen LogP contribution in [0.1, 0.15) is 34.0 Å². The molecule has 188 valence electrons. The molecule has 0 aromatic heterocycles. The Kier molecular flexibility index (Phi) is 6.42. The third kappa shape index (κ3) is 5.29. The number of benzene rings is 3. The fourth-order valence-electron chi connectivity index (χ4n) is 3.71. The maximum absolute atomic E-state index is 13.1. The SMILES string of the molecule is CC1Oc2cc(NC(=O)c3cc(C(F)(F)F)cc(C(F)(F)F)c3)ccc2N(Cc2ccccc2)C1=O. The molecule has 4 rings (SSSR count). The molecule has 3 aromatic carbocycles. The molecule has 0 saturated carbocycles. The van der Waals surface area contributed by atoms with Crippen LogP contribution in [0.2, 0.25) is 0 Å². The maximum atomic E-state index is 13.1. The summed E-state index contributed by atoms with van der Waals surface area (Å²) in [6.07, 6.45) is -11.0. The van der Waals surface area contributed by atoms with Crippen LogP contribution in [0.4, 0.5) is 37.7 Å². The molecule has 36 heavy (non-hydrogen) atoms. The highest BCUT2D eigenvalue weighted by Crippen LogP contribution is 2.38. The van der Waals surface area contributed by atoms with E-state index >= 15 is 0 Å². The van der Waals surface area contributed by atoms with E-state index in [2.05, 4.69) is 5.32 Å². The normalized spacial score (nSPS) is 15.8. The highest BCUT2D eigenvalue weighted by atomic mass is 19.4. The van der Waals surface area contributed by atoms with E-state index in [1.54, 1.807) is 0 Å². The van der Waals surface area contributed by atoms with Crippen LogP contribution in [0.25, 0.3) is 0 Å².